The molecule has 6 heteroatoms. The van der Waals surface area contributed by atoms with Crippen LogP contribution in [0, 0.1) is 0 Å². The lowest BCUT2D eigenvalue weighted by molar-refractivity contribution is -0.137. The van der Waals surface area contributed by atoms with Crippen LogP contribution in [-0.4, -0.2) is 36.1 Å². The molecule has 0 bridgehead atoms. The van der Waals surface area contributed by atoms with Crippen LogP contribution in [-0.2, 0) is 6.18 Å². The Kier molecular flexibility index (Phi) is 5.82. The van der Waals surface area contributed by atoms with Gasteiger partial charge in [-0.2, -0.15) is 13.2 Å². The van der Waals surface area contributed by atoms with E-state index in [0.29, 0.717) is 23.1 Å². The molecule has 0 atom stereocenters. The van der Waals surface area contributed by atoms with Crippen LogP contribution in [0.2, 0.25) is 0 Å². The number of halogens is 3. The first kappa shape index (κ1) is 17.5. The van der Waals surface area contributed by atoms with Crippen LogP contribution >= 0.6 is 0 Å². The van der Waals surface area contributed by atoms with E-state index in [2.05, 4.69) is 29.0 Å². The zero-order chi connectivity index (χ0) is 16.9. The Hall–Kier alpha value is -1.82. The summed E-state index contributed by atoms with van der Waals surface area (Å²) in [6.07, 6.45) is -1.79. The molecule has 1 N–H and O–H groups in total. The molecule has 1 aromatic heterocycles. The molecule has 1 heterocycles. The lowest BCUT2D eigenvalue weighted by Crippen LogP contribution is -2.25. The number of nitrogens with one attached hydrogen (secondary N) is 1. The van der Waals surface area contributed by atoms with E-state index in [0.717, 1.165) is 38.2 Å². The lowest BCUT2D eigenvalue weighted by Gasteiger charge is -2.18. The van der Waals surface area contributed by atoms with Crippen molar-refractivity contribution in [3.63, 3.8) is 0 Å². The van der Waals surface area contributed by atoms with Gasteiger partial charge >= 0.3 is 6.18 Å². The van der Waals surface area contributed by atoms with E-state index < -0.39 is 11.7 Å². The van der Waals surface area contributed by atoms with Crippen molar-refractivity contribution in [1.82, 2.24) is 9.88 Å². The third-order valence-electron chi connectivity index (χ3n) is 3.93. The summed E-state index contributed by atoms with van der Waals surface area (Å²) in [6, 6.07) is 5.37. The van der Waals surface area contributed by atoms with Gasteiger partial charge < -0.3 is 10.2 Å². The topological polar surface area (TPSA) is 28.2 Å². The number of aromatic nitrogens is 1. The van der Waals surface area contributed by atoms with E-state index in [-0.39, 0.29) is 0 Å². The molecule has 0 aliphatic rings. The molecular weight excluding hydrogens is 303 g/mol. The Morgan fingerprint density at radius 2 is 1.87 bits per heavy atom. The SMILES string of the molecule is CCN(CC)CCCNc1ccnc2ccc(C(F)(F)F)cc12. The van der Waals surface area contributed by atoms with Gasteiger partial charge in [0.2, 0.25) is 0 Å². The van der Waals surface area contributed by atoms with E-state index in [4.69, 9.17) is 0 Å². The second-order valence-electron chi connectivity index (χ2n) is 5.40. The molecule has 2 aromatic rings. The van der Waals surface area contributed by atoms with Crippen LogP contribution in [0.25, 0.3) is 10.9 Å². The normalized spacial score (nSPS) is 12.1. The van der Waals surface area contributed by atoms with Crippen molar-refractivity contribution in [2.75, 3.05) is 31.5 Å². The second kappa shape index (κ2) is 7.64. The molecule has 23 heavy (non-hydrogen) atoms. The largest absolute Gasteiger partial charge is 0.416 e. The third-order valence-corrected chi connectivity index (χ3v) is 3.93. The smallest absolute Gasteiger partial charge is 0.384 e. The van der Waals surface area contributed by atoms with Crippen molar-refractivity contribution in [1.29, 1.82) is 0 Å². The van der Waals surface area contributed by atoms with Gasteiger partial charge in [-0.15, -0.1) is 0 Å². The zero-order valence-electron chi connectivity index (χ0n) is 13.5. The number of nitrogens with zero attached hydrogens (tertiary/aromatic N) is 2. The van der Waals surface area contributed by atoms with Gasteiger partial charge in [-0.05, 0) is 50.3 Å². The van der Waals surface area contributed by atoms with Crippen molar-refractivity contribution in [3.8, 4) is 0 Å². The highest BCUT2D eigenvalue weighted by molar-refractivity contribution is 5.91. The second-order valence-corrected chi connectivity index (χ2v) is 5.40. The Bertz CT molecular complexity index is 637. The predicted octanol–water partition coefficient (Wildman–Crippen LogP) is 4.40. The number of alkyl halides is 3. The lowest BCUT2D eigenvalue weighted by atomic mass is 10.1. The Morgan fingerprint density at radius 3 is 2.52 bits per heavy atom. The molecule has 0 aliphatic carbocycles. The number of pyridine rings is 1. The number of anilines is 1. The zero-order valence-corrected chi connectivity index (χ0v) is 13.5. The van der Waals surface area contributed by atoms with Gasteiger partial charge in [0.1, 0.15) is 0 Å². The first-order chi connectivity index (χ1) is 11.0. The molecule has 1 aromatic carbocycles. The minimum absolute atomic E-state index is 0.505. The van der Waals surface area contributed by atoms with E-state index in [1.807, 2.05) is 0 Å². The maximum absolute atomic E-state index is 12.9. The summed E-state index contributed by atoms with van der Waals surface area (Å²) in [6.45, 7) is 7.92. The summed E-state index contributed by atoms with van der Waals surface area (Å²) in [5, 5.41) is 3.74. The third kappa shape index (κ3) is 4.58. The number of hydrogen-bond donors (Lipinski definition) is 1. The standard InChI is InChI=1S/C17H22F3N3/c1-3-23(4-2)11-5-9-21-16-8-10-22-15-7-6-13(12-14(15)16)17(18,19)20/h6-8,10,12H,3-5,9,11H2,1-2H3,(H,21,22). The van der Waals surface area contributed by atoms with Gasteiger partial charge in [0.25, 0.3) is 0 Å². The van der Waals surface area contributed by atoms with Crippen molar-refractivity contribution in [2.24, 2.45) is 0 Å². The van der Waals surface area contributed by atoms with E-state index in [1.165, 1.54) is 6.07 Å². The van der Waals surface area contributed by atoms with Gasteiger partial charge in [-0.3, -0.25) is 4.98 Å². The average Bonchev–Trinajstić information content (AvgIpc) is 2.54. The van der Waals surface area contributed by atoms with Crippen molar-refractivity contribution in [3.05, 3.63) is 36.0 Å². The Morgan fingerprint density at radius 1 is 1.13 bits per heavy atom. The summed E-state index contributed by atoms with van der Waals surface area (Å²) < 4.78 is 38.6. The van der Waals surface area contributed by atoms with Gasteiger partial charge in [0, 0.05) is 23.8 Å². The summed E-state index contributed by atoms with van der Waals surface area (Å²) >= 11 is 0. The highest BCUT2D eigenvalue weighted by Crippen LogP contribution is 2.33. The van der Waals surface area contributed by atoms with E-state index in [1.54, 1.807) is 12.3 Å². The number of rotatable bonds is 7. The molecule has 0 aliphatic heterocycles. The van der Waals surface area contributed by atoms with E-state index in [9.17, 15) is 13.2 Å². The molecule has 126 valence electrons. The van der Waals surface area contributed by atoms with Crippen molar-refractivity contribution in [2.45, 2.75) is 26.4 Å². The van der Waals surface area contributed by atoms with E-state index >= 15 is 0 Å². The molecule has 0 unspecified atom stereocenters. The van der Waals surface area contributed by atoms with Crippen molar-refractivity contribution >= 4 is 16.6 Å². The predicted molar refractivity (Wildman–Crippen MR) is 87.6 cm³/mol. The first-order valence-corrected chi connectivity index (χ1v) is 7.88. The molecule has 0 saturated heterocycles. The van der Waals surface area contributed by atoms with Crippen LogP contribution < -0.4 is 5.32 Å². The summed E-state index contributed by atoms with van der Waals surface area (Å²) in [5.41, 5.74) is 0.608. The van der Waals surface area contributed by atoms with Crippen LogP contribution in [0.1, 0.15) is 25.8 Å². The number of benzene rings is 1. The molecule has 0 saturated carbocycles. The van der Waals surface area contributed by atoms with Crippen molar-refractivity contribution < 1.29 is 13.2 Å². The van der Waals surface area contributed by atoms with Gasteiger partial charge in [0.05, 0.1) is 11.1 Å². The average molecular weight is 325 g/mol. The number of fused-ring (bicyclic) bond motifs is 1. The summed E-state index contributed by atoms with van der Waals surface area (Å²) in [4.78, 5) is 6.45. The summed E-state index contributed by atoms with van der Waals surface area (Å²) in [7, 11) is 0. The molecular formula is C17H22F3N3. The number of hydrogen-bond acceptors (Lipinski definition) is 3. The molecule has 3 nitrogen and oxygen atoms in total. The van der Waals surface area contributed by atoms with Gasteiger partial charge in [-0.25, -0.2) is 0 Å². The minimum Gasteiger partial charge on any atom is -0.384 e. The Labute approximate surface area is 134 Å². The monoisotopic (exact) mass is 325 g/mol. The molecule has 0 amide bonds. The Balaban J connectivity index is 2.11. The fourth-order valence-electron chi connectivity index (χ4n) is 2.54. The summed E-state index contributed by atoms with van der Waals surface area (Å²) in [5.74, 6) is 0. The van der Waals surface area contributed by atoms with Crippen LogP contribution in [0.4, 0.5) is 18.9 Å². The van der Waals surface area contributed by atoms with Gasteiger partial charge in [-0.1, -0.05) is 13.8 Å². The quantitative estimate of drug-likeness (QED) is 0.765. The maximum atomic E-state index is 12.9. The minimum atomic E-state index is -4.34. The highest BCUT2D eigenvalue weighted by Gasteiger charge is 2.30. The van der Waals surface area contributed by atoms with Crippen LogP contribution in [0.3, 0.4) is 0 Å². The molecule has 0 spiro atoms. The highest BCUT2D eigenvalue weighted by atomic mass is 19.4. The van der Waals surface area contributed by atoms with Crippen LogP contribution in [0.15, 0.2) is 30.5 Å². The molecule has 2 rings (SSSR count). The maximum Gasteiger partial charge on any atom is 0.416 e. The first-order valence-electron chi connectivity index (χ1n) is 7.88. The fourth-order valence-corrected chi connectivity index (χ4v) is 2.54. The van der Waals surface area contributed by atoms with Crippen LogP contribution in [0.5, 0.6) is 0 Å². The molecule has 0 radical (unpaired) electrons. The fraction of sp³-hybridized carbons (Fsp3) is 0.471. The molecule has 0 fully saturated rings. The van der Waals surface area contributed by atoms with Gasteiger partial charge in [0.15, 0.2) is 0 Å².